The molecule has 0 aliphatic carbocycles. The Morgan fingerprint density at radius 3 is 1.75 bits per heavy atom. The number of aromatic carboxylic acids is 2. The van der Waals surface area contributed by atoms with Gasteiger partial charge in [-0.3, -0.25) is 9.59 Å². The number of hydrogen-bond acceptors (Lipinski definition) is 4. The van der Waals surface area contributed by atoms with Crippen molar-refractivity contribution in [3.63, 3.8) is 0 Å². The van der Waals surface area contributed by atoms with E-state index in [4.69, 9.17) is 11.5 Å². The quantitative estimate of drug-likeness (QED) is 0.639. The van der Waals surface area contributed by atoms with Crippen molar-refractivity contribution in [1.29, 1.82) is 0 Å². The average Bonchev–Trinajstić information content (AvgIpc) is 2.53. The molecule has 0 saturated heterocycles. The number of carbonyl (C=O) groups is 4. The van der Waals surface area contributed by atoms with E-state index in [9.17, 15) is 29.4 Å². The molecule has 0 aliphatic heterocycles. The third-order valence-corrected chi connectivity index (χ3v) is 3.35. The molecule has 0 aliphatic rings. The maximum absolute atomic E-state index is 11.7. The highest BCUT2D eigenvalue weighted by Gasteiger charge is 2.30. The second kappa shape index (κ2) is 6.21. The standard InChI is InChI=1S/C16H12N2O6/c17-13(19)8-6-9(15(21)22)10(7-4-2-1-3-5-7)12(16(23)24)11(8)14(18)20/h1-6H,(H2,17,19)(H2,18,20)(H,21,22)(H,23,24). The Morgan fingerprint density at radius 2 is 1.33 bits per heavy atom. The molecule has 0 spiro atoms. The van der Waals surface area contributed by atoms with E-state index in [1.54, 1.807) is 18.2 Å². The normalized spacial score (nSPS) is 10.2. The van der Waals surface area contributed by atoms with Crippen LogP contribution in [0.5, 0.6) is 0 Å². The fraction of sp³-hybridized carbons (Fsp3) is 0. The molecule has 2 aromatic carbocycles. The summed E-state index contributed by atoms with van der Waals surface area (Å²) in [6, 6.07) is 8.60. The lowest BCUT2D eigenvalue weighted by atomic mass is 9.87. The van der Waals surface area contributed by atoms with Gasteiger partial charge in [-0.25, -0.2) is 9.59 Å². The lowest BCUT2D eigenvalue weighted by Gasteiger charge is -2.16. The molecule has 2 aromatic rings. The molecule has 8 nitrogen and oxygen atoms in total. The second-order valence-corrected chi connectivity index (χ2v) is 4.80. The fourth-order valence-corrected chi connectivity index (χ4v) is 2.42. The van der Waals surface area contributed by atoms with Gasteiger partial charge in [0.2, 0.25) is 11.8 Å². The van der Waals surface area contributed by atoms with Gasteiger partial charge in [0.15, 0.2) is 0 Å². The molecule has 2 rings (SSSR count). The summed E-state index contributed by atoms with van der Waals surface area (Å²) in [6.45, 7) is 0. The number of hydrogen-bond donors (Lipinski definition) is 4. The molecule has 2 amide bonds. The van der Waals surface area contributed by atoms with Crippen LogP contribution >= 0.6 is 0 Å². The lowest BCUT2D eigenvalue weighted by molar-refractivity contribution is 0.0693. The highest BCUT2D eigenvalue weighted by Crippen LogP contribution is 2.32. The molecule has 0 atom stereocenters. The molecule has 0 saturated carbocycles. The topological polar surface area (TPSA) is 161 Å². The highest BCUT2D eigenvalue weighted by atomic mass is 16.4. The minimum absolute atomic E-state index is 0.227. The van der Waals surface area contributed by atoms with E-state index < -0.39 is 46.0 Å². The van der Waals surface area contributed by atoms with Gasteiger partial charge in [0.25, 0.3) is 0 Å². The first-order valence-electron chi connectivity index (χ1n) is 6.58. The minimum atomic E-state index is -1.60. The molecule has 122 valence electrons. The Balaban J connectivity index is 3.09. The number of carboxylic acid groups (broad SMARTS) is 2. The summed E-state index contributed by atoms with van der Waals surface area (Å²) >= 11 is 0. The number of primary amides is 2. The third-order valence-electron chi connectivity index (χ3n) is 3.35. The molecule has 24 heavy (non-hydrogen) atoms. The van der Waals surface area contributed by atoms with Crippen molar-refractivity contribution in [3.8, 4) is 11.1 Å². The fourth-order valence-electron chi connectivity index (χ4n) is 2.42. The van der Waals surface area contributed by atoms with Gasteiger partial charge >= 0.3 is 11.9 Å². The Hall–Kier alpha value is -3.68. The zero-order chi connectivity index (χ0) is 18.0. The molecule has 6 N–H and O–H groups in total. The Kier molecular flexibility index (Phi) is 4.32. The second-order valence-electron chi connectivity index (χ2n) is 4.80. The molecule has 0 fully saturated rings. The number of carboxylic acids is 2. The predicted molar refractivity (Wildman–Crippen MR) is 82.8 cm³/mol. The van der Waals surface area contributed by atoms with Crippen LogP contribution in [0.4, 0.5) is 0 Å². The molecule has 0 aromatic heterocycles. The van der Waals surface area contributed by atoms with Crippen molar-refractivity contribution in [2.24, 2.45) is 11.5 Å². The van der Waals surface area contributed by atoms with E-state index in [1.165, 1.54) is 12.1 Å². The van der Waals surface area contributed by atoms with Gasteiger partial charge in [0.1, 0.15) is 0 Å². The largest absolute Gasteiger partial charge is 0.478 e. The van der Waals surface area contributed by atoms with E-state index in [1.807, 2.05) is 0 Å². The van der Waals surface area contributed by atoms with Gasteiger partial charge in [-0.1, -0.05) is 30.3 Å². The maximum atomic E-state index is 11.7. The van der Waals surface area contributed by atoms with Crippen LogP contribution in [0.2, 0.25) is 0 Å². The molecule has 0 radical (unpaired) electrons. The molecule has 0 heterocycles. The number of nitrogens with two attached hydrogens (primary N) is 2. The molecule has 0 bridgehead atoms. The third kappa shape index (κ3) is 2.80. The van der Waals surface area contributed by atoms with Crippen molar-refractivity contribution >= 4 is 23.8 Å². The summed E-state index contributed by atoms with van der Waals surface area (Å²) in [4.78, 5) is 46.6. The van der Waals surface area contributed by atoms with Crippen molar-refractivity contribution in [3.05, 3.63) is 58.7 Å². The van der Waals surface area contributed by atoms with Crippen molar-refractivity contribution in [1.82, 2.24) is 0 Å². The zero-order valence-corrected chi connectivity index (χ0v) is 12.1. The van der Waals surface area contributed by atoms with Crippen molar-refractivity contribution in [2.75, 3.05) is 0 Å². The molecular formula is C16H12N2O6. The molecular weight excluding hydrogens is 316 g/mol. The zero-order valence-electron chi connectivity index (χ0n) is 12.1. The van der Waals surface area contributed by atoms with Gasteiger partial charge < -0.3 is 21.7 Å². The van der Waals surface area contributed by atoms with E-state index in [-0.39, 0.29) is 11.1 Å². The Morgan fingerprint density at radius 1 is 0.750 bits per heavy atom. The SMILES string of the molecule is NC(=O)c1cc(C(=O)O)c(-c2ccccc2)c(C(=O)O)c1C(N)=O. The number of carbonyl (C=O) groups excluding carboxylic acids is 2. The molecule has 8 heteroatoms. The first kappa shape index (κ1) is 16.7. The number of rotatable bonds is 5. The van der Waals surface area contributed by atoms with E-state index in [2.05, 4.69) is 0 Å². The summed E-state index contributed by atoms with van der Waals surface area (Å²) in [7, 11) is 0. The predicted octanol–water partition coefficient (Wildman–Crippen LogP) is 0.948. The van der Waals surface area contributed by atoms with Crippen LogP contribution in [0.25, 0.3) is 11.1 Å². The number of benzene rings is 2. The van der Waals surface area contributed by atoms with Crippen LogP contribution in [0, 0.1) is 0 Å². The Bertz CT molecular complexity index is 874. The first-order valence-corrected chi connectivity index (χ1v) is 6.58. The van der Waals surface area contributed by atoms with Gasteiger partial charge in [-0.2, -0.15) is 0 Å². The summed E-state index contributed by atoms with van der Waals surface area (Å²) in [5.41, 5.74) is 8.03. The summed E-state index contributed by atoms with van der Waals surface area (Å²) in [5.74, 6) is -5.44. The summed E-state index contributed by atoms with van der Waals surface area (Å²) < 4.78 is 0. The van der Waals surface area contributed by atoms with Gasteiger partial charge in [-0.05, 0) is 11.6 Å². The molecule has 0 unspecified atom stereocenters. The van der Waals surface area contributed by atoms with Crippen LogP contribution in [0.3, 0.4) is 0 Å². The van der Waals surface area contributed by atoms with Crippen LogP contribution in [-0.2, 0) is 0 Å². The monoisotopic (exact) mass is 328 g/mol. The summed E-state index contributed by atoms with van der Waals surface area (Å²) in [6.07, 6.45) is 0. The lowest BCUT2D eigenvalue weighted by Crippen LogP contribution is -2.26. The maximum Gasteiger partial charge on any atom is 0.337 e. The van der Waals surface area contributed by atoms with Crippen LogP contribution < -0.4 is 11.5 Å². The summed E-state index contributed by atoms with van der Waals surface area (Å²) in [5, 5.41) is 18.9. The van der Waals surface area contributed by atoms with Gasteiger partial charge in [-0.15, -0.1) is 0 Å². The van der Waals surface area contributed by atoms with Crippen molar-refractivity contribution < 1.29 is 29.4 Å². The van der Waals surface area contributed by atoms with Crippen LogP contribution in [0.1, 0.15) is 41.4 Å². The smallest absolute Gasteiger partial charge is 0.337 e. The average molecular weight is 328 g/mol. The van der Waals surface area contributed by atoms with Gasteiger partial charge in [0.05, 0.1) is 22.3 Å². The van der Waals surface area contributed by atoms with Crippen LogP contribution in [0.15, 0.2) is 36.4 Å². The minimum Gasteiger partial charge on any atom is -0.478 e. The van der Waals surface area contributed by atoms with Crippen LogP contribution in [-0.4, -0.2) is 34.0 Å². The number of amides is 2. The van der Waals surface area contributed by atoms with Gasteiger partial charge in [0, 0.05) is 5.56 Å². The highest BCUT2D eigenvalue weighted by molar-refractivity contribution is 6.18. The first-order chi connectivity index (χ1) is 11.3. The van der Waals surface area contributed by atoms with E-state index in [0.29, 0.717) is 0 Å². The van der Waals surface area contributed by atoms with Crippen molar-refractivity contribution in [2.45, 2.75) is 0 Å². The van der Waals surface area contributed by atoms with E-state index >= 15 is 0 Å². The van der Waals surface area contributed by atoms with E-state index in [0.717, 1.165) is 6.07 Å². The Labute approximate surface area is 135 Å².